The molecule has 0 saturated carbocycles. The van der Waals surface area contributed by atoms with Crippen LogP contribution >= 0.6 is 0 Å². The van der Waals surface area contributed by atoms with Crippen LogP contribution in [0.25, 0.3) is 0 Å². The third-order valence-corrected chi connectivity index (χ3v) is 2.31. The van der Waals surface area contributed by atoms with Crippen LogP contribution in [-0.4, -0.2) is 6.10 Å². The molecule has 2 atom stereocenters. The van der Waals surface area contributed by atoms with Crippen LogP contribution in [0.15, 0.2) is 24.3 Å². The second kappa shape index (κ2) is 5.01. The van der Waals surface area contributed by atoms with Crippen molar-refractivity contribution < 1.29 is 4.74 Å². The quantitative estimate of drug-likeness (QED) is 0.798. The maximum atomic E-state index is 5.85. The number of nitrogens with two attached hydrogens (primary N) is 1. The van der Waals surface area contributed by atoms with Crippen LogP contribution in [0.3, 0.4) is 0 Å². The van der Waals surface area contributed by atoms with E-state index in [1.54, 1.807) is 0 Å². The lowest BCUT2D eigenvalue weighted by Gasteiger charge is -2.17. The Balaban J connectivity index is 2.84. The molecule has 0 heterocycles. The highest BCUT2D eigenvalue weighted by atomic mass is 16.5. The molecule has 78 valence electrons. The molecule has 0 aliphatic heterocycles. The first-order valence-corrected chi connectivity index (χ1v) is 5.16. The summed E-state index contributed by atoms with van der Waals surface area (Å²) < 4.78 is 5.78. The molecule has 0 amide bonds. The number of hydrogen-bond donors (Lipinski definition) is 1. The van der Waals surface area contributed by atoms with Crippen molar-refractivity contribution in [2.75, 3.05) is 0 Å². The van der Waals surface area contributed by atoms with E-state index in [0.717, 1.165) is 17.7 Å². The molecule has 0 spiro atoms. The Kier molecular flexibility index (Phi) is 3.96. The smallest absolute Gasteiger partial charge is 0.124 e. The maximum absolute atomic E-state index is 5.85. The molecule has 1 rings (SSSR count). The molecule has 1 aromatic rings. The zero-order valence-corrected chi connectivity index (χ0v) is 9.16. The second-order valence-corrected chi connectivity index (χ2v) is 3.66. The van der Waals surface area contributed by atoms with Crippen molar-refractivity contribution >= 4 is 0 Å². The molecule has 1 aromatic carbocycles. The van der Waals surface area contributed by atoms with Gasteiger partial charge >= 0.3 is 0 Å². The van der Waals surface area contributed by atoms with E-state index < -0.39 is 0 Å². The predicted molar refractivity (Wildman–Crippen MR) is 59.4 cm³/mol. The molecule has 0 radical (unpaired) electrons. The average molecular weight is 193 g/mol. The van der Waals surface area contributed by atoms with Crippen molar-refractivity contribution in [1.29, 1.82) is 0 Å². The molecule has 0 aliphatic carbocycles. The van der Waals surface area contributed by atoms with Gasteiger partial charge in [0.15, 0.2) is 0 Å². The Morgan fingerprint density at radius 3 is 2.50 bits per heavy atom. The summed E-state index contributed by atoms with van der Waals surface area (Å²) in [4.78, 5) is 0. The van der Waals surface area contributed by atoms with Gasteiger partial charge in [0.25, 0.3) is 0 Å². The van der Waals surface area contributed by atoms with Gasteiger partial charge in [-0.15, -0.1) is 0 Å². The Hall–Kier alpha value is -1.02. The number of para-hydroxylation sites is 1. The van der Waals surface area contributed by atoms with Crippen molar-refractivity contribution in [3.63, 3.8) is 0 Å². The topological polar surface area (TPSA) is 35.2 Å². The van der Waals surface area contributed by atoms with E-state index >= 15 is 0 Å². The molecule has 2 N–H and O–H groups in total. The fourth-order valence-corrected chi connectivity index (χ4v) is 1.26. The highest BCUT2D eigenvalue weighted by molar-refractivity contribution is 5.35. The molecule has 2 heteroatoms. The first-order chi connectivity index (χ1) is 6.65. The molecule has 0 aliphatic rings. The lowest BCUT2D eigenvalue weighted by molar-refractivity contribution is 0.214. The standard InChI is InChI=1S/C12H19NO/c1-4-9(2)14-12-8-6-5-7-11(12)10(3)13/h5-10H,4,13H2,1-3H3/t9-,10-/m1/s1. The normalized spacial score (nSPS) is 14.9. The summed E-state index contributed by atoms with van der Waals surface area (Å²) in [6, 6.07) is 7.98. The number of benzene rings is 1. The Morgan fingerprint density at radius 2 is 1.93 bits per heavy atom. The van der Waals surface area contributed by atoms with Gasteiger partial charge in [-0.2, -0.15) is 0 Å². The molecular weight excluding hydrogens is 174 g/mol. The van der Waals surface area contributed by atoms with Crippen LogP contribution in [0.2, 0.25) is 0 Å². The van der Waals surface area contributed by atoms with Gasteiger partial charge < -0.3 is 10.5 Å². The van der Waals surface area contributed by atoms with Gasteiger partial charge in [-0.05, 0) is 26.3 Å². The van der Waals surface area contributed by atoms with Crippen LogP contribution in [0.4, 0.5) is 0 Å². The SMILES string of the molecule is CC[C@@H](C)Oc1ccccc1[C@@H](C)N. The third kappa shape index (κ3) is 2.74. The van der Waals surface area contributed by atoms with Gasteiger partial charge in [0.05, 0.1) is 6.10 Å². The Bertz CT molecular complexity index is 283. The van der Waals surface area contributed by atoms with Gasteiger partial charge in [0.1, 0.15) is 5.75 Å². The summed E-state index contributed by atoms with van der Waals surface area (Å²) in [5.74, 6) is 0.914. The highest BCUT2D eigenvalue weighted by Crippen LogP contribution is 2.24. The van der Waals surface area contributed by atoms with E-state index in [9.17, 15) is 0 Å². The summed E-state index contributed by atoms with van der Waals surface area (Å²) >= 11 is 0. The lowest BCUT2D eigenvalue weighted by atomic mass is 10.1. The van der Waals surface area contributed by atoms with E-state index in [1.807, 2.05) is 31.2 Å². The molecule has 14 heavy (non-hydrogen) atoms. The second-order valence-electron chi connectivity index (χ2n) is 3.66. The fourth-order valence-electron chi connectivity index (χ4n) is 1.26. The van der Waals surface area contributed by atoms with Crippen LogP contribution < -0.4 is 10.5 Å². The minimum absolute atomic E-state index is 0.0234. The van der Waals surface area contributed by atoms with Crippen LogP contribution in [0.5, 0.6) is 5.75 Å². The zero-order valence-electron chi connectivity index (χ0n) is 9.16. The van der Waals surface area contributed by atoms with Crippen LogP contribution in [0, 0.1) is 0 Å². The van der Waals surface area contributed by atoms with E-state index in [-0.39, 0.29) is 12.1 Å². The van der Waals surface area contributed by atoms with E-state index in [0.29, 0.717) is 0 Å². The molecular formula is C12H19NO. The Morgan fingerprint density at radius 1 is 1.29 bits per heavy atom. The Labute approximate surface area is 86.1 Å². The molecule has 0 aromatic heterocycles. The van der Waals surface area contributed by atoms with E-state index in [1.165, 1.54) is 0 Å². The van der Waals surface area contributed by atoms with Crippen LogP contribution in [0.1, 0.15) is 38.8 Å². The number of hydrogen-bond acceptors (Lipinski definition) is 2. The predicted octanol–water partition coefficient (Wildman–Crippen LogP) is 2.88. The number of ether oxygens (including phenoxy) is 1. The van der Waals surface area contributed by atoms with Crippen molar-refractivity contribution in [2.24, 2.45) is 5.73 Å². The van der Waals surface area contributed by atoms with E-state index in [2.05, 4.69) is 13.8 Å². The summed E-state index contributed by atoms with van der Waals surface area (Å²) in [5, 5.41) is 0. The molecule has 0 saturated heterocycles. The van der Waals surface area contributed by atoms with Crippen molar-refractivity contribution in [3.05, 3.63) is 29.8 Å². The largest absolute Gasteiger partial charge is 0.490 e. The first-order valence-electron chi connectivity index (χ1n) is 5.16. The number of rotatable bonds is 4. The third-order valence-electron chi connectivity index (χ3n) is 2.31. The fraction of sp³-hybridized carbons (Fsp3) is 0.500. The van der Waals surface area contributed by atoms with Crippen molar-refractivity contribution in [3.8, 4) is 5.75 Å². The van der Waals surface area contributed by atoms with Crippen molar-refractivity contribution in [1.82, 2.24) is 0 Å². The summed E-state index contributed by atoms with van der Waals surface area (Å²) in [6.45, 7) is 6.15. The molecule has 2 nitrogen and oxygen atoms in total. The summed E-state index contributed by atoms with van der Waals surface area (Å²) in [6.07, 6.45) is 1.25. The van der Waals surface area contributed by atoms with E-state index in [4.69, 9.17) is 10.5 Å². The minimum Gasteiger partial charge on any atom is -0.490 e. The molecule has 0 unspecified atom stereocenters. The van der Waals surface area contributed by atoms with Gasteiger partial charge in [-0.3, -0.25) is 0 Å². The van der Waals surface area contributed by atoms with Crippen LogP contribution in [-0.2, 0) is 0 Å². The maximum Gasteiger partial charge on any atom is 0.124 e. The first kappa shape index (κ1) is 11.1. The highest BCUT2D eigenvalue weighted by Gasteiger charge is 2.08. The van der Waals surface area contributed by atoms with Gasteiger partial charge in [0, 0.05) is 11.6 Å². The van der Waals surface area contributed by atoms with Crippen molar-refractivity contribution in [2.45, 2.75) is 39.3 Å². The lowest BCUT2D eigenvalue weighted by Crippen LogP contribution is -2.13. The molecule has 0 fully saturated rings. The van der Waals surface area contributed by atoms with Gasteiger partial charge in [-0.25, -0.2) is 0 Å². The van der Waals surface area contributed by atoms with Gasteiger partial charge in [0.2, 0.25) is 0 Å². The molecule has 0 bridgehead atoms. The summed E-state index contributed by atoms with van der Waals surface area (Å²) in [7, 11) is 0. The van der Waals surface area contributed by atoms with Gasteiger partial charge in [-0.1, -0.05) is 25.1 Å². The monoisotopic (exact) mass is 193 g/mol. The zero-order chi connectivity index (χ0) is 10.6. The summed E-state index contributed by atoms with van der Waals surface area (Å²) in [5.41, 5.74) is 6.93. The minimum atomic E-state index is 0.0234. The average Bonchev–Trinajstić information content (AvgIpc) is 2.18.